The van der Waals surface area contributed by atoms with Crippen LogP contribution in [-0.2, 0) is 16.6 Å². The van der Waals surface area contributed by atoms with Crippen molar-refractivity contribution in [2.75, 3.05) is 13.1 Å². The molecule has 3 rings (SSSR count). The van der Waals surface area contributed by atoms with Crippen molar-refractivity contribution in [3.63, 3.8) is 0 Å². The highest BCUT2D eigenvalue weighted by molar-refractivity contribution is 6.42. The number of rotatable bonds is 4. The molecule has 1 heterocycles. The Labute approximate surface area is 222 Å². The molecule has 0 atom stereocenters. The summed E-state index contributed by atoms with van der Waals surface area (Å²) < 4.78 is 101. The average Bonchev–Trinajstić information content (AvgIpc) is 2.74. The number of carbonyl (C=O) groups excluding carboxylic acids is 2. The molecule has 206 valence electrons. The van der Waals surface area contributed by atoms with Gasteiger partial charge in [-0.3, -0.25) is 4.79 Å². The summed E-state index contributed by atoms with van der Waals surface area (Å²) in [4.78, 5) is 25.8. The number of benzene rings is 2. The van der Waals surface area contributed by atoms with Crippen molar-refractivity contribution >= 4 is 40.7 Å². The highest BCUT2D eigenvalue weighted by atomic mass is 35.5. The molecule has 0 aliphatic carbocycles. The summed E-state index contributed by atoms with van der Waals surface area (Å²) in [5.74, 6) is -1.19. The lowest BCUT2D eigenvalue weighted by atomic mass is 9.87. The minimum absolute atomic E-state index is 0.0770. The number of allylic oxidation sites excluding steroid dienone is 2. The number of likely N-dealkylation sites (tertiary alicyclic amines) is 1. The second-order valence-corrected chi connectivity index (χ2v) is 10.4. The number of carbonyl (C=O) groups is 2. The van der Waals surface area contributed by atoms with Crippen LogP contribution in [-0.4, -0.2) is 41.6 Å². The van der Waals surface area contributed by atoms with E-state index in [0.29, 0.717) is 6.07 Å². The van der Waals surface area contributed by atoms with Crippen molar-refractivity contribution in [1.82, 2.24) is 4.90 Å². The van der Waals surface area contributed by atoms with Crippen molar-refractivity contribution in [3.8, 4) is 0 Å². The fourth-order valence-electron chi connectivity index (χ4n) is 3.62. The van der Waals surface area contributed by atoms with Crippen LogP contribution in [0.1, 0.15) is 47.8 Å². The van der Waals surface area contributed by atoms with E-state index in [1.54, 1.807) is 20.8 Å². The molecule has 0 aromatic heterocycles. The molecular formula is C25H20Cl2F7NO3. The van der Waals surface area contributed by atoms with Crippen LogP contribution in [0.3, 0.4) is 0 Å². The minimum Gasteiger partial charge on any atom is -0.444 e. The van der Waals surface area contributed by atoms with Gasteiger partial charge in [0.2, 0.25) is 0 Å². The molecule has 1 saturated heterocycles. The van der Waals surface area contributed by atoms with Crippen molar-refractivity contribution in [2.24, 2.45) is 0 Å². The first kappa shape index (κ1) is 29.8. The third-order valence-corrected chi connectivity index (χ3v) is 6.25. The number of halogens is 9. The van der Waals surface area contributed by atoms with E-state index in [4.69, 9.17) is 27.9 Å². The fourth-order valence-corrected chi connectivity index (χ4v) is 4.06. The number of alkyl halides is 7. The standard InChI is InChI=1S/C25H20Cl2F7NO3/c1-22(2,3)38-21(37)35-11-23(28,12-35)15-6-4-13(5-7-15)19(36)10-16(24(29,30)31)14-8-17(25(32,33)34)20(27)18(26)9-14/h4-10H,11-12H2,1-3H3. The smallest absolute Gasteiger partial charge is 0.417 e. The van der Waals surface area contributed by atoms with Gasteiger partial charge in [0.1, 0.15) is 5.60 Å². The molecule has 2 aromatic rings. The average molecular weight is 586 g/mol. The van der Waals surface area contributed by atoms with E-state index >= 15 is 4.39 Å². The summed E-state index contributed by atoms with van der Waals surface area (Å²) in [7, 11) is 0. The molecule has 13 heteroatoms. The third-order valence-electron chi connectivity index (χ3n) is 5.45. The van der Waals surface area contributed by atoms with Gasteiger partial charge in [-0.05, 0) is 50.1 Å². The Hall–Kier alpha value is -2.79. The minimum atomic E-state index is -5.23. The van der Waals surface area contributed by atoms with Gasteiger partial charge in [-0.1, -0.05) is 47.5 Å². The lowest BCUT2D eigenvalue weighted by Gasteiger charge is -2.44. The van der Waals surface area contributed by atoms with Crippen LogP contribution in [0, 0.1) is 0 Å². The SMILES string of the molecule is CC(C)(C)OC(=O)N1CC(F)(c2ccc(C(=O)C=C(c3cc(Cl)c(Cl)c(C(F)(F)F)c3)C(F)(F)F)cc2)C1. The van der Waals surface area contributed by atoms with Gasteiger partial charge in [0.25, 0.3) is 0 Å². The normalized spacial score (nSPS) is 16.2. The highest BCUT2D eigenvalue weighted by Gasteiger charge is 2.48. The maximum atomic E-state index is 15.2. The Morgan fingerprint density at radius 1 is 0.947 bits per heavy atom. The number of nitrogens with zero attached hydrogens (tertiary/aromatic N) is 1. The van der Waals surface area contributed by atoms with Gasteiger partial charge in [-0.2, -0.15) is 26.3 Å². The molecule has 1 aliphatic heterocycles. The van der Waals surface area contributed by atoms with E-state index in [0.717, 1.165) is 17.0 Å². The number of ether oxygens (including phenoxy) is 1. The zero-order valence-corrected chi connectivity index (χ0v) is 21.5. The van der Waals surface area contributed by atoms with Gasteiger partial charge < -0.3 is 9.64 Å². The summed E-state index contributed by atoms with van der Waals surface area (Å²) in [6.07, 6.45) is -10.9. The summed E-state index contributed by atoms with van der Waals surface area (Å²) in [6, 6.07) is 5.26. The Balaban J connectivity index is 1.86. The maximum absolute atomic E-state index is 15.2. The maximum Gasteiger partial charge on any atom is 0.417 e. The first-order valence-electron chi connectivity index (χ1n) is 10.9. The molecule has 0 N–H and O–H groups in total. The lowest BCUT2D eigenvalue weighted by Crippen LogP contribution is -2.59. The molecule has 0 bridgehead atoms. The Bertz CT molecular complexity index is 1270. The first-order chi connectivity index (χ1) is 17.2. The summed E-state index contributed by atoms with van der Waals surface area (Å²) >= 11 is 11.1. The predicted molar refractivity (Wildman–Crippen MR) is 127 cm³/mol. The van der Waals surface area contributed by atoms with Crippen LogP contribution >= 0.6 is 23.2 Å². The molecule has 1 aliphatic rings. The second kappa shape index (κ2) is 10.1. The molecule has 0 spiro atoms. The molecule has 1 amide bonds. The molecular weight excluding hydrogens is 566 g/mol. The van der Waals surface area contributed by atoms with Gasteiger partial charge in [-0.15, -0.1) is 0 Å². The van der Waals surface area contributed by atoms with Gasteiger partial charge >= 0.3 is 18.4 Å². The molecule has 1 fully saturated rings. The van der Waals surface area contributed by atoms with Crippen LogP contribution in [0.2, 0.25) is 10.0 Å². The number of hydrogen-bond donors (Lipinski definition) is 0. The fraction of sp³-hybridized carbons (Fsp3) is 0.360. The van der Waals surface area contributed by atoms with E-state index in [1.807, 2.05) is 0 Å². The topological polar surface area (TPSA) is 46.6 Å². The highest BCUT2D eigenvalue weighted by Crippen LogP contribution is 2.43. The molecule has 4 nitrogen and oxygen atoms in total. The van der Waals surface area contributed by atoms with Gasteiger partial charge in [-0.25, -0.2) is 9.18 Å². The van der Waals surface area contributed by atoms with E-state index in [-0.39, 0.29) is 36.4 Å². The summed E-state index contributed by atoms with van der Waals surface area (Å²) in [5.41, 5.74) is -7.22. The Morgan fingerprint density at radius 3 is 1.97 bits per heavy atom. The van der Waals surface area contributed by atoms with Crippen molar-refractivity contribution in [1.29, 1.82) is 0 Å². The first-order valence-corrected chi connectivity index (χ1v) is 11.6. The predicted octanol–water partition coefficient (Wildman–Crippen LogP) is 8.26. The zero-order valence-electron chi connectivity index (χ0n) is 20.0. The van der Waals surface area contributed by atoms with Crippen molar-refractivity contribution in [2.45, 2.75) is 44.4 Å². The van der Waals surface area contributed by atoms with Gasteiger partial charge in [0.15, 0.2) is 11.5 Å². The molecule has 38 heavy (non-hydrogen) atoms. The molecule has 0 saturated carbocycles. The van der Waals surface area contributed by atoms with Gasteiger partial charge in [0.05, 0.1) is 34.3 Å². The zero-order chi connectivity index (χ0) is 28.8. The molecule has 0 radical (unpaired) electrons. The van der Waals surface area contributed by atoms with Crippen LogP contribution < -0.4 is 0 Å². The summed E-state index contributed by atoms with van der Waals surface area (Å²) in [6.45, 7) is 4.30. The Morgan fingerprint density at radius 2 is 1.50 bits per heavy atom. The van der Waals surface area contributed by atoms with E-state index in [9.17, 15) is 35.9 Å². The largest absolute Gasteiger partial charge is 0.444 e. The van der Waals surface area contributed by atoms with Crippen molar-refractivity contribution < 1.29 is 45.1 Å². The number of amides is 1. The number of ketones is 1. The van der Waals surface area contributed by atoms with Crippen LogP contribution in [0.25, 0.3) is 5.57 Å². The van der Waals surface area contributed by atoms with Crippen LogP contribution in [0.4, 0.5) is 35.5 Å². The molecule has 2 aromatic carbocycles. The monoisotopic (exact) mass is 585 g/mol. The van der Waals surface area contributed by atoms with E-state index in [1.165, 1.54) is 12.1 Å². The summed E-state index contributed by atoms with van der Waals surface area (Å²) in [5, 5.41) is -1.76. The van der Waals surface area contributed by atoms with Crippen molar-refractivity contribution in [3.05, 3.63) is 74.8 Å². The van der Waals surface area contributed by atoms with Crippen LogP contribution in [0.15, 0.2) is 42.5 Å². The van der Waals surface area contributed by atoms with Gasteiger partial charge in [0, 0.05) is 5.56 Å². The van der Waals surface area contributed by atoms with E-state index < -0.39 is 62.2 Å². The van der Waals surface area contributed by atoms with E-state index in [2.05, 4.69) is 0 Å². The molecule has 0 unspecified atom stereocenters. The number of hydrogen-bond acceptors (Lipinski definition) is 3. The van der Waals surface area contributed by atoms with Crippen LogP contribution in [0.5, 0.6) is 0 Å². The Kier molecular flexibility index (Phi) is 7.89. The quantitative estimate of drug-likeness (QED) is 0.206. The third kappa shape index (κ3) is 6.61. The lowest BCUT2D eigenvalue weighted by molar-refractivity contribution is -0.137. The second-order valence-electron chi connectivity index (χ2n) is 9.62.